The van der Waals surface area contributed by atoms with Gasteiger partial charge >= 0.3 is 0 Å². The molecule has 0 radical (unpaired) electrons. The number of aromatic nitrogens is 3. The van der Waals surface area contributed by atoms with Crippen LogP contribution in [0.2, 0.25) is 0 Å². The van der Waals surface area contributed by atoms with Crippen LogP contribution in [-0.4, -0.2) is 38.7 Å². The molecule has 2 atom stereocenters. The van der Waals surface area contributed by atoms with Gasteiger partial charge in [-0.2, -0.15) is 0 Å². The molecule has 1 aromatic carbocycles. The Labute approximate surface area is 166 Å². The van der Waals surface area contributed by atoms with E-state index < -0.39 is 0 Å². The summed E-state index contributed by atoms with van der Waals surface area (Å²) in [6, 6.07) is 10.1. The number of halogens is 1. The fourth-order valence-corrected chi connectivity index (χ4v) is 5.04. The number of anilines is 1. The standard InChI is InChI=1S/C20H20FN5OS/c21-15-3-1-4-16(8-15)22-20(27)19-24-23-18-7-13-9-25(10-14(13)11-26(18)19)12-17-5-2-6-28-17/h1-6,8,13-14H,7,9-12H2,(H,22,27)/t13-,14-/m0/s1. The zero-order valence-corrected chi connectivity index (χ0v) is 16.0. The van der Waals surface area contributed by atoms with Crippen LogP contribution >= 0.6 is 11.3 Å². The molecule has 1 fully saturated rings. The maximum absolute atomic E-state index is 13.4. The van der Waals surface area contributed by atoms with Gasteiger partial charge in [0.05, 0.1) is 0 Å². The summed E-state index contributed by atoms with van der Waals surface area (Å²) in [6.45, 7) is 3.81. The van der Waals surface area contributed by atoms with E-state index in [2.05, 4.69) is 37.9 Å². The number of rotatable bonds is 4. The number of hydrogen-bond acceptors (Lipinski definition) is 5. The second-order valence-corrected chi connectivity index (χ2v) is 8.54. The molecule has 1 amide bonds. The highest BCUT2D eigenvalue weighted by Gasteiger charge is 2.39. The maximum atomic E-state index is 13.4. The van der Waals surface area contributed by atoms with Crippen molar-refractivity contribution in [1.29, 1.82) is 0 Å². The minimum atomic E-state index is -0.388. The van der Waals surface area contributed by atoms with Gasteiger partial charge in [0.2, 0.25) is 5.82 Å². The number of nitrogens with one attached hydrogen (secondary N) is 1. The molecule has 2 aliphatic rings. The summed E-state index contributed by atoms with van der Waals surface area (Å²) in [5.74, 6) is 1.47. The Hall–Kier alpha value is -2.58. The molecular weight excluding hydrogens is 377 g/mol. The minimum Gasteiger partial charge on any atom is -0.319 e. The zero-order chi connectivity index (χ0) is 19.1. The summed E-state index contributed by atoms with van der Waals surface area (Å²) in [5, 5.41) is 13.2. The van der Waals surface area contributed by atoms with Crippen LogP contribution in [0.1, 0.15) is 21.3 Å². The highest BCUT2D eigenvalue weighted by Crippen LogP contribution is 2.33. The van der Waals surface area contributed by atoms with E-state index in [1.165, 1.54) is 17.0 Å². The summed E-state index contributed by atoms with van der Waals surface area (Å²) in [4.78, 5) is 16.5. The second kappa shape index (κ2) is 7.10. The number of fused-ring (bicyclic) bond motifs is 2. The van der Waals surface area contributed by atoms with E-state index in [1.807, 2.05) is 4.57 Å². The van der Waals surface area contributed by atoms with Crippen molar-refractivity contribution in [2.24, 2.45) is 11.8 Å². The Morgan fingerprint density at radius 1 is 1.18 bits per heavy atom. The van der Waals surface area contributed by atoms with Crippen molar-refractivity contribution in [2.75, 3.05) is 18.4 Å². The zero-order valence-electron chi connectivity index (χ0n) is 15.2. The number of hydrogen-bond donors (Lipinski definition) is 1. The van der Waals surface area contributed by atoms with Gasteiger partial charge in [-0.25, -0.2) is 4.39 Å². The predicted octanol–water partition coefficient (Wildman–Crippen LogP) is 3.04. The lowest BCUT2D eigenvalue weighted by Crippen LogP contribution is -2.31. The lowest BCUT2D eigenvalue weighted by Gasteiger charge is -2.25. The van der Waals surface area contributed by atoms with E-state index in [-0.39, 0.29) is 11.7 Å². The summed E-state index contributed by atoms with van der Waals surface area (Å²) in [7, 11) is 0. The third-order valence-electron chi connectivity index (χ3n) is 5.59. The topological polar surface area (TPSA) is 63.1 Å². The molecule has 8 heteroatoms. The van der Waals surface area contributed by atoms with Crippen molar-refractivity contribution in [3.8, 4) is 0 Å². The van der Waals surface area contributed by atoms with Gasteiger partial charge in [0.1, 0.15) is 11.6 Å². The molecule has 0 saturated carbocycles. The molecule has 5 rings (SSSR count). The predicted molar refractivity (Wildman–Crippen MR) is 105 cm³/mol. The summed E-state index contributed by atoms with van der Waals surface area (Å²) in [5.41, 5.74) is 0.416. The van der Waals surface area contributed by atoms with Crippen molar-refractivity contribution in [2.45, 2.75) is 19.5 Å². The molecular formula is C20H20FN5OS. The Morgan fingerprint density at radius 2 is 2.07 bits per heavy atom. The molecule has 4 heterocycles. The molecule has 144 valence electrons. The van der Waals surface area contributed by atoms with Gasteiger partial charge in [-0.15, -0.1) is 21.5 Å². The Bertz CT molecular complexity index is 1000. The molecule has 2 aliphatic heterocycles. The first-order chi connectivity index (χ1) is 13.7. The van der Waals surface area contributed by atoms with E-state index in [0.29, 0.717) is 23.3 Å². The van der Waals surface area contributed by atoms with Gasteiger partial charge in [-0.3, -0.25) is 9.69 Å². The fraction of sp³-hybridized carbons (Fsp3) is 0.350. The quantitative estimate of drug-likeness (QED) is 0.735. The van der Waals surface area contributed by atoms with Crippen molar-refractivity contribution in [3.05, 3.63) is 64.1 Å². The number of thiophene rings is 1. The molecule has 1 saturated heterocycles. The smallest absolute Gasteiger partial charge is 0.293 e. The van der Waals surface area contributed by atoms with E-state index in [1.54, 1.807) is 23.5 Å². The third-order valence-corrected chi connectivity index (χ3v) is 6.45. The van der Waals surface area contributed by atoms with E-state index in [4.69, 9.17) is 0 Å². The number of benzene rings is 1. The van der Waals surface area contributed by atoms with E-state index in [9.17, 15) is 9.18 Å². The molecule has 0 bridgehead atoms. The number of amides is 1. The number of nitrogens with zero attached hydrogens (tertiary/aromatic N) is 4. The molecule has 0 spiro atoms. The average Bonchev–Trinajstić information content (AvgIpc) is 3.39. The molecule has 28 heavy (non-hydrogen) atoms. The van der Waals surface area contributed by atoms with Gasteiger partial charge in [0.25, 0.3) is 5.91 Å². The minimum absolute atomic E-state index is 0.300. The van der Waals surface area contributed by atoms with Gasteiger partial charge in [0, 0.05) is 43.2 Å². The molecule has 6 nitrogen and oxygen atoms in total. The van der Waals surface area contributed by atoms with Crippen LogP contribution in [0.25, 0.3) is 0 Å². The first-order valence-corrected chi connectivity index (χ1v) is 10.3. The highest BCUT2D eigenvalue weighted by atomic mass is 32.1. The lowest BCUT2D eigenvalue weighted by atomic mass is 9.89. The van der Waals surface area contributed by atoms with E-state index >= 15 is 0 Å². The number of likely N-dealkylation sites (tertiary alicyclic amines) is 1. The molecule has 3 aromatic rings. The van der Waals surface area contributed by atoms with Gasteiger partial charge in [-0.05, 0) is 41.5 Å². The summed E-state index contributed by atoms with van der Waals surface area (Å²) in [6.07, 6.45) is 0.839. The fourth-order valence-electron chi connectivity index (χ4n) is 4.29. The van der Waals surface area contributed by atoms with Gasteiger partial charge in [-0.1, -0.05) is 12.1 Å². The highest BCUT2D eigenvalue weighted by molar-refractivity contribution is 7.09. The van der Waals surface area contributed by atoms with Gasteiger partial charge < -0.3 is 9.88 Å². The molecule has 2 aromatic heterocycles. The van der Waals surface area contributed by atoms with Crippen LogP contribution in [-0.2, 0) is 19.5 Å². The summed E-state index contributed by atoms with van der Waals surface area (Å²) >= 11 is 1.79. The third kappa shape index (κ3) is 3.33. The molecule has 0 aliphatic carbocycles. The number of carbonyl (C=O) groups excluding carboxylic acids is 1. The average molecular weight is 397 g/mol. The van der Waals surface area contributed by atoms with Crippen LogP contribution in [0.15, 0.2) is 41.8 Å². The second-order valence-electron chi connectivity index (χ2n) is 7.51. The first kappa shape index (κ1) is 17.5. The van der Waals surface area contributed by atoms with Gasteiger partial charge in [0.15, 0.2) is 0 Å². The van der Waals surface area contributed by atoms with Crippen LogP contribution < -0.4 is 5.32 Å². The Balaban J connectivity index is 1.29. The monoisotopic (exact) mass is 397 g/mol. The van der Waals surface area contributed by atoms with Crippen molar-refractivity contribution in [1.82, 2.24) is 19.7 Å². The molecule has 1 N–H and O–H groups in total. The van der Waals surface area contributed by atoms with Crippen LogP contribution in [0, 0.1) is 17.7 Å². The van der Waals surface area contributed by atoms with Crippen LogP contribution in [0.4, 0.5) is 10.1 Å². The van der Waals surface area contributed by atoms with Crippen molar-refractivity contribution >= 4 is 22.9 Å². The summed E-state index contributed by atoms with van der Waals surface area (Å²) < 4.78 is 15.3. The van der Waals surface area contributed by atoms with E-state index in [0.717, 1.165) is 38.4 Å². The maximum Gasteiger partial charge on any atom is 0.293 e. The molecule has 0 unspecified atom stereocenters. The van der Waals surface area contributed by atoms with Crippen molar-refractivity contribution in [3.63, 3.8) is 0 Å². The van der Waals surface area contributed by atoms with Crippen molar-refractivity contribution < 1.29 is 9.18 Å². The Morgan fingerprint density at radius 3 is 2.89 bits per heavy atom. The largest absolute Gasteiger partial charge is 0.319 e. The van der Waals surface area contributed by atoms with Crippen LogP contribution in [0.5, 0.6) is 0 Å². The SMILES string of the molecule is O=C(Nc1cccc(F)c1)c1nnc2n1C[C@@H]1CN(Cc3cccs3)C[C@@H]1C2. The number of carbonyl (C=O) groups is 1. The Kier molecular flexibility index (Phi) is 4.44. The normalized spacial score (nSPS) is 21.3. The lowest BCUT2D eigenvalue weighted by molar-refractivity contribution is 0.100. The first-order valence-electron chi connectivity index (χ1n) is 9.39. The van der Waals surface area contributed by atoms with Crippen LogP contribution in [0.3, 0.4) is 0 Å².